The zero-order chi connectivity index (χ0) is 13.9. The number of carbonyl (C=O) groups excluding carboxylic acids is 1. The molecule has 0 atom stereocenters. The second-order valence-electron chi connectivity index (χ2n) is 4.48. The highest BCUT2D eigenvalue weighted by molar-refractivity contribution is 5.69. The summed E-state index contributed by atoms with van der Waals surface area (Å²) in [4.78, 5) is 11.2. The van der Waals surface area contributed by atoms with E-state index in [0.29, 0.717) is 19.6 Å². The van der Waals surface area contributed by atoms with Gasteiger partial charge in [0.25, 0.3) is 0 Å². The fraction of sp³-hybridized carbons (Fsp3) is 0.533. The number of hydrogen-bond donors (Lipinski definition) is 1. The van der Waals surface area contributed by atoms with Crippen molar-refractivity contribution in [3.05, 3.63) is 35.6 Å². The van der Waals surface area contributed by atoms with E-state index < -0.39 is 0 Å². The van der Waals surface area contributed by atoms with Crippen LogP contribution in [0.3, 0.4) is 0 Å². The molecular formula is C15H22FNO2. The van der Waals surface area contributed by atoms with Crippen LogP contribution in [-0.2, 0) is 16.1 Å². The van der Waals surface area contributed by atoms with E-state index in [1.54, 1.807) is 12.1 Å². The molecule has 4 heteroatoms. The maximum absolute atomic E-state index is 12.7. The Labute approximate surface area is 114 Å². The van der Waals surface area contributed by atoms with Crippen molar-refractivity contribution in [1.82, 2.24) is 5.32 Å². The zero-order valence-corrected chi connectivity index (χ0v) is 11.5. The Kier molecular flexibility index (Phi) is 7.82. The molecule has 0 aliphatic rings. The van der Waals surface area contributed by atoms with Crippen LogP contribution < -0.4 is 5.32 Å². The van der Waals surface area contributed by atoms with Gasteiger partial charge >= 0.3 is 5.97 Å². The molecule has 0 fully saturated rings. The van der Waals surface area contributed by atoms with Crippen LogP contribution in [0.15, 0.2) is 24.3 Å². The molecule has 19 heavy (non-hydrogen) atoms. The van der Waals surface area contributed by atoms with Gasteiger partial charge in [0.15, 0.2) is 0 Å². The molecule has 0 radical (unpaired) electrons. The SMILES string of the molecule is CCCCC(=O)OCCCNCc1ccc(F)cc1. The van der Waals surface area contributed by atoms with Crippen LogP contribution in [-0.4, -0.2) is 19.1 Å². The normalized spacial score (nSPS) is 10.4. The Morgan fingerprint density at radius 1 is 1.26 bits per heavy atom. The van der Waals surface area contributed by atoms with E-state index in [4.69, 9.17) is 4.74 Å². The summed E-state index contributed by atoms with van der Waals surface area (Å²) in [5, 5.41) is 3.22. The lowest BCUT2D eigenvalue weighted by molar-refractivity contribution is -0.143. The summed E-state index contributed by atoms with van der Waals surface area (Å²) >= 11 is 0. The number of unbranched alkanes of at least 4 members (excludes halogenated alkanes) is 1. The molecule has 0 amide bonds. The molecule has 1 N–H and O–H groups in total. The summed E-state index contributed by atoms with van der Waals surface area (Å²) in [5.41, 5.74) is 1.04. The van der Waals surface area contributed by atoms with Gasteiger partial charge in [0.1, 0.15) is 5.82 Å². The minimum Gasteiger partial charge on any atom is -0.466 e. The van der Waals surface area contributed by atoms with Gasteiger partial charge in [-0.25, -0.2) is 4.39 Å². The lowest BCUT2D eigenvalue weighted by atomic mass is 10.2. The number of nitrogens with one attached hydrogen (secondary N) is 1. The second-order valence-corrected chi connectivity index (χ2v) is 4.48. The molecule has 0 heterocycles. The Balaban J connectivity index is 1.99. The lowest BCUT2D eigenvalue weighted by Crippen LogP contribution is -2.17. The van der Waals surface area contributed by atoms with Crippen LogP contribution in [0.1, 0.15) is 38.2 Å². The molecule has 0 aliphatic heterocycles. The number of hydrogen-bond acceptors (Lipinski definition) is 3. The van der Waals surface area contributed by atoms with Crippen molar-refractivity contribution in [3.8, 4) is 0 Å². The van der Waals surface area contributed by atoms with Crippen LogP contribution in [0.25, 0.3) is 0 Å². The maximum atomic E-state index is 12.7. The van der Waals surface area contributed by atoms with Crippen molar-refractivity contribution in [2.75, 3.05) is 13.2 Å². The van der Waals surface area contributed by atoms with Crippen molar-refractivity contribution >= 4 is 5.97 Å². The van der Waals surface area contributed by atoms with Crippen LogP contribution in [0.4, 0.5) is 4.39 Å². The number of benzene rings is 1. The van der Waals surface area contributed by atoms with Gasteiger partial charge < -0.3 is 10.1 Å². The summed E-state index contributed by atoms with van der Waals surface area (Å²) in [7, 11) is 0. The largest absolute Gasteiger partial charge is 0.466 e. The maximum Gasteiger partial charge on any atom is 0.305 e. The molecule has 3 nitrogen and oxygen atoms in total. The summed E-state index contributed by atoms with van der Waals surface area (Å²) in [6.07, 6.45) is 3.20. The van der Waals surface area contributed by atoms with Gasteiger partial charge in [-0.1, -0.05) is 25.5 Å². The van der Waals surface area contributed by atoms with E-state index in [1.807, 2.05) is 6.92 Å². The predicted molar refractivity (Wildman–Crippen MR) is 73.2 cm³/mol. The Hall–Kier alpha value is -1.42. The Morgan fingerprint density at radius 2 is 2.00 bits per heavy atom. The Bertz CT molecular complexity index is 365. The van der Waals surface area contributed by atoms with Gasteiger partial charge in [0.2, 0.25) is 0 Å². The molecule has 0 aliphatic carbocycles. The quantitative estimate of drug-likeness (QED) is 0.552. The molecule has 0 saturated carbocycles. The first-order chi connectivity index (χ1) is 9.22. The van der Waals surface area contributed by atoms with Crippen molar-refractivity contribution in [3.63, 3.8) is 0 Å². The summed E-state index contributed by atoms with van der Waals surface area (Å²) in [6.45, 7) is 3.98. The topological polar surface area (TPSA) is 38.3 Å². The van der Waals surface area contributed by atoms with E-state index in [2.05, 4.69) is 5.32 Å². The first kappa shape index (κ1) is 15.6. The summed E-state index contributed by atoms with van der Waals surface area (Å²) in [6, 6.07) is 6.42. The molecule has 0 aromatic heterocycles. The zero-order valence-electron chi connectivity index (χ0n) is 11.5. The highest BCUT2D eigenvalue weighted by atomic mass is 19.1. The molecule has 0 saturated heterocycles. The van der Waals surface area contributed by atoms with Crippen LogP contribution >= 0.6 is 0 Å². The third kappa shape index (κ3) is 7.57. The van der Waals surface area contributed by atoms with Gasteiger partial charge in [0.05, 0.1) is 6.61 Å². The van der Waals surface area contributed by atoms with E-state index >= 15 is 0 Å². The van der Waals surface area contributed by atoms with Crippen LogP contribution in [0.5, 0.6) is 0 Å². The highest BCUT2D eigenvalue weighted by Gasteiger charge is 2.00. The third-order valence-electron chi connectivity index (χ3n) is 2.74. The second kappa shape index (κ2) is 9.50. The molecule has 0 spiro atoms. The molecule has 1 rings (SSSR count). The number of halogens is 1. The number of carbonyl (C=O) groups is 1. The first-order valence-corrected chi connectivity index (χ1v) is 6.83. The first-order valence-electron chi connectivity index (χ1n) is 6.83. The monoisotopic (exact) mass is 267 g/mol. The predicted octanol–water partition coefficient (Wildman–Crippen LogP) is 3.04. The lowest BCUT2D eigenvalue weighted by Gasteiger charge is -2.06. The smallest absolute Gasteiger partial charge is 0.305 e. The van der Waals surface area contributed by atoms with Crippen molar-refractivity contribution in [2.24, 2.45) is 0 Å². The summed E-state index contributed by atoms with van der Waals surface area (Å²) in [5.74, 6) is -0.330. The van der Waals surface area contributed by atoms with Crippen molar-refractivity contribution in [2.45, 2.75) is 39.2 Å². The molecule has 1 aromatic carbocycles. The van der Waals surface area contributed by atoms with Gasteiger partial charge in [-0.15, -0.1) is 0 Å². The number of rotatable bonds is 9. The molecule has 0 bridgehead atoms. The summed E-state index contributed by atoms with van der Waals surface area (Å²) < 4.78 is 17.8. The van der Waals surface area contributed by atoms with E-state index in [0.717, 1.165) is 31.4 Å². The van der Waals surface area contributed by atoms with Gasteiger partial charge in [-0.3, -0.25) is 4.79 Å². The fourth-order valence-electron chi connectivity index (χ4n) is 1.61. The minimum absolute atomic E-state index is 0.111. The number of ether oxygens (including phenoxy) is 1. The standard InChI is InChI=1S/C15H22FNO2/c1-2-3-5-15(18)19-11-4-10-17-12-13-6-8-14(16)9-7-13/h6-9,17H,2-5,10-12H2,1H3. The van der Waals surface area contributed by atoms with E-state index in [1.165, 1.54) is 12.1 Å². The highest BCUT2D eigenvalue weighted by Crippen LogP contribution is 2.02. The third-order valence-corrected chi connectivity index (χ3v) is 2.74. The van der Waals surface area contributed by atoms with Crippen molar-refractivity contribution < 1.29 is 13.9 Å². The Morgan fingerprint density at radius 3 is 2.68 bits per heavy atom. The average molecular weight is 267 g/mol. The van der Waals surface area contributed by atoms with E-state index in [-0.39, 0.29) is 11.8 Å². The molecule has 106 valence electrons. The van der Waals surface area contributed by atoms with Gasteiger partial charge in [-0.2, -0.15) is 0 Å². The minimum atomic E-state index is -0.220. The van der Waals surface area contributed by atoms with Crippen LogP contribution in [0.2, 0.25) is 0 Å². The number of esters is 1. The fourth-order valence-corrected chi connectivity index (χ4v) is 1.61. The van der Waals surface area contributed by atoms with E-state index in [9.17, 15) is 9.18 Å². The van der Waals surface area contributed by atoms with Crippen LogP contribution in [0, 0.1) is 5.82 Å². The molecule has 0 unspecified atom stereocenters. The van der Waals surface area contributed by atoms with Crippen molar-refractivity contribution in [1.29, 1.82) is 0 Å². The van der Waals surface area contributed by atoms with Gasteiger partial charge in [0, 0.05) is 13.0 Å². The average Bonchev–Trinajstić information content (AvgIpc) is 2.42. The van der Waals surface area contributed by atoms with Gasteiger partial charge in [-0.05, 0) is 37.1 Å². The molecule has 1 aromatic rings. The molecular weight excluding hydrogens is 245 g/mol.